The van der Waals surface area contributed by atoms with Gasteiger partial charge < -0.3 is 21.8 Å². The number of rotatable bonds is 9. The molecule has 6 N–H and O–H groups in total. The van der Waals surface area contributed by atoms with E-state index in [9.17, 15) is 13.2 Å². The molecule has 0 saturated heterocycles. The fourth-order valence-electron chi connectivity index (χ4n) is 4.61. The maximum Gasteiger partial charge on any atom is 0.435 e. The molecule has 0 aliphatic heterocycles. The van der Waals surface area contributed by atoms with Crippen molar-refractivity contribution in [2.75, 3.05) is 19.6 Å². The average Bonchev–Trinajstić information content (AvgIpc) is 3.25. The summed E-state index contributed by atoms with van der Waals surface area (Å²) in [7, 11) is 0. The van der Waals surface area contributed by atoms with E-state index in [2.05, 4.69) is 15.1 Å². The first kappa shape index (κ1) is 24.9. The topological polar surface area (TPSA) is 121 Å². The van der Waals surface area contributed by atoms with Gasteiger partial charge in [0.05, 0.1) is 22.6 Å². The van der Waals surface area contributed by atoms with Gasteiger partial charge in [0.2, 0.25) is 0 Å². The lowest BCUT2D eigenvalue weighted by molar-refractivity contribution is -0.140. The van der Waals surface area contributed by atoms with Crippen molar-refractivity contribution in [1.29, 1.82) is 5.41 Å². The fourth-order valence-corrected chi connectivity index (χ4v) is 4.61. The summed E-state index contributed by atoms with van der Waals surface area (Å²) in [5.74, 6) is -0.409. The Morgan fingerprint density at radius 1 is 1.21 bits per heavy atom. The highest BCUT2D eigenvalue weighted by Crippen LogP contribution is 2.42. The van der Waals surface area contributed by atoms with E-state index in [4.69, 9.17) is 21.9 Å². The van der Waals surface area contributed by atoms with Gasteiger partial charge in [-0.25, -0.2) is 4.98 Å². The van der Waals surface area contributed by atoms with Gasteiger partial charge in [-0.3, -0.25) is 5.10 Å². The minimum absolute atomic E-state index is 0.0710. The Bertz CT molecular complexity index is 1020. The van der Waals surface area contributed by atoms with Crippen LogP contribution >= 0.6 is 0 Å². The number of aromatic nitrogens is 3. The number of halogens is 3. The van der Waals surface area contributed by atoms with Crippen LogP contribution in [-0.4, -0.2) is 52.0 Å². The molecule has 2 heterocycles. The van der Waals surface area contributed by atoms with Crippen molar-refractivity contribution < 1.29 is 13.2 Å². The Labute approximate surface area is 192 Å². The van der Waals surface area contributed by atoms with Crippen LogP contribution in [0.2, 0.25) is 0 Å². The number of H-pyrrole nitrogens is 1. The standard InChI is InChI=1S/C23H32F3N7/c1-4-6-14-13(3)19-15(11-28)17(29)10-18(33(8-5-2)9-7-27)21(19)31-20(14)16-12-30-32-22(16)23(24,25)26/h10-12,15,17,28H,4-9,27,29H2,1-3H3,(H,30,32). The molecule has 180 valence electrons. The molecule has 0 amide bonds. The number of hydrogen-bond acceptors (Lipinski definition) is 6. The lowest BCUT2D eigenvalue weighted by Gasteiger charge is -2.36. The summed E-state index contributed by atoms with van der Waals surface area (Å²) in [4.78, 5) is 6.92. The summed E-state index contributed by atoms with van der Waals surface area (Å²) in [5.41, 5.74) is 15.2. The van der Waals surface area contributed by atoms with Gasteiger partial charge in [-0.05, 0) is 42.5 Å². The summed E-state index contributed by atoms with van der Waals surface area (Å²) in [6.07, 6.45) is 1.93. The van der Waals surface area contributed by atoms with E-state index in [0.717, 1.165) is 35.2 Å². The summed E-state index contributed by atoms with van der Waals surface area (Å²) >= 11 is 0. The minimum Gasteiger partial charge on any atom is -0.369 e. The zero-order valence-electron chi connectivity index (χ0n) is 19.3. The lowest BCUT2D eigenvalue weighted by Crippen LogP contribution is -2.38. The largest absolute Gasteiger partial charge is 0.435 e. The first-order valence-electron chi connectivity index (χ1n) is 11.3. The van der Waals surface area contributed by atoms with Crippen LogP contribution in [0.3, 0.4) is 0 Å². The zero-order chi connectivity index (χ0) is 24.3. The van der Waals surface area contributed by atoms with Crippen molar-refractivity contribution in [3.8, 4) is 11.3 Å². The van der Waals surface area contributed by atoms with Crippen molar-refractivity contribution in [2.45, 2.75) is 58.2 Å². The van der Waals surface area contributed by atoms with Gasteiger partial charge in [0, 0.05) is 44.0 Å². The summed E-state index contributed by atoms with van der Waals surface area (Å²) in [5, 5.41) is 13.9. The van der Waals surface area contributed by atoms with Crippen molar-refractivity contribution in [3.05, 3.63) is 40.4 Å². The second kappa shape index (κ2) is 10.0. The smallest absolute Gasteiger partial charge is 0.369 e. The molecule has 2 aromatic heterocycles. The van der Waals surface area contributed by atoms with Gasteiger partial charge in [-0.1, -0.05) is 20.3 Å². The quantitative estimate of drug-likeness (QED) is 0.421. The number of nitrogens with one attached hydrogen (secondary N) is 2. The lowest BCUT2D eigenvalue weighted by atomic mass is 9.80. The molecule has 0 fully saturated rings. The first-order chi connectivity index (χ1) is 15.7. The number of fused-ring (bicyclic) bond motifs is 1. The zero-order valence-corrected chi connectivity index (χ0v) is 19.3. The van der Waals surface area contributed by atoms with Crippen molar-refractivity contribution in [3.63, 3.8) is 0 Å². The van der Waals surface area contributed by atoms with E-state index in [-0.39, 0.29) is 11.3 Å². The molecule has 10 heteroatoms. The van der Waals surface area contributed by atoms with Crippen LogP contribution in [0.4, 0.5) is 13.2 Å². The molecule has 0 spiro atoms. The highest BCUT2D eigenvalue weighted by Gasteiger charge is 2.39. The van der Waals surface area contributed by atoms with Gasteiger partial charge in [0.1, 0.15) is 0 Å². The van der Waals surface area contributed by atoms with E-state index in [0.29, 0.717) is 31.7 Å². The SMILES string of the molecule is CCCc1c(-c2c[nH]nc2C(F)(F)F)nc2c(c1C)C(C=N)C(N)C=C2N(CCC)CCN. The van der Waals surface area contributed by atoms with Crippen molar-refractivity contribution in [1.82, 2.24) is 20.1 Å². The third kappa shape index (κ3) is 4.67. The second-order valence-electron chi connectivity index (χ2n) is 8.32. The van der Waals surface area contributed by atoms with Crippen molar-refractivity contribution >= 4 is 11.9 Å². The van der Waals surface area contributed by atoms with Gasteiger partial charge in [0.25, 0.3) is 0 Å². The monoisotopic (exact) mass is 463 g/mol. The predicted octanol–water partition coefficient (Wildman–Crippen LogP) is 3.84. The van der Waals surface area contributed by atoms with Crippen LogP contribution in [0.15, 0.2) is 12.3 Å². The van der Waals surface area contributed by atoms with Gasteiger partial charge in [0.15, 0.2) is 5.69 Å². The number of hydrogen-bond donors (Lipinski definition) is 4. The Balaban J connectivity index is 2.35. The van der Waals surface area contributed by atoms with Crippen LogP contribution in [-0.2, 0) is 12.6 Å². The van der Waals surface area contributed by atoms with Crippen LogP contribution in [0.5, 0.6) is 0 Å². The van der Waals surface area contributed by atoms with E-state index in [1.54, 1.807) is 0 Å². The highest BCUT2D eigenvalue weighted by atomic mass is 19.4. The first-order valence-corrected chi connectivity index (χ1v) is 11.3. The van der Waals surface area contributed by atoms with Crippen LogP contribution in [0, 0.1) is 12.3 Å². The number of alkyl halides is 3. The molecule has 0 saturated carbocycles. The third-order valence-electron chi connectivity index (χ3n) is 6.04. The fraction of sp³-hybridized carbons (Fsp3) is 0.522. The molecule has 2 aromatic rings. The summed E-state index contributed by atoms with van der Waals surface area (Å²) in [6.45, 7) is 7.59. The molecular weight excluding hydrogens is 431 g/mol. The molecule has 2 atom stereocenters. The van der Waals surface area contributed by atoms with Gasteiger partial charge in [-0.15, -0.1) is 0 Å². The summed E-state index contributed by atoms with van der Waals surface area (Å²) < 4.78 is 41.1. The van der Waals surface area contributed by atoms with Crippen molar-refractivity contribution in [2.24, 2.45) is 11.5 Å². The van der Waals surface area contributed by atoms with Gasteiger partial charge in [-0.2, -0.15) is 18.3 Å². The molecule has 0 aromatic carbocycles. The molecule has 1 aliphatic rings. The minimum atomic E-state index is -4.61. The molecule has 33 heavy (non-hydrogen) atoms. The third-order valence-corrected chi connectivity index (χ3v) is 6.04. The predicted molar refractivity (Wildman–Crippen MR) is 124 cm³/mol. The number of pyridine rings is 1. The maximum absolute atomic E-state index is 13.7. The second-order valence-corrected chi connectivity index (χ2v) is 8.32. The molecule has 1 aliphatic carbocycles. The van der Waals surface area contributed by atoms with Crippen LogP contribution in [0.1, 0.15) is 60.7 Å². The number of nitrogens with zero attached hydrogens (tertiary/aromatic N) is 3. The van der Waals surface area contributed by atoms with E-state index >= 15 is 0 Å². The van der Waals surface area contributed by atoms with E-state index < -0.39 is 23.8 Å². The molecule has 2 unspecified atom stereocenters. The van der Waals surface area contributed by atoms with Crippen LogP contribution < -0.4 is 11.5 Å². The Morgan fingerprint density at radius 3 is 2.52 bits per heavy atom. The maximum atomic E-state index is 13.7. The molecule has 0 bridgehead atoms. The Kier molecular flexibility index (Phi) is 7.58. The van der Waals surface area contributed by atoms with Gasteiger partial charge >= 0.3 is 6.18 Å². The molecule has 7 nitrogen and oxygen atoms in total. The summed E-state index contributed by atoms with van der Waals surface area (Å²) in [6, 6.07) is -0.442. The van der Waals surface area contributed by atoms with Crippen LogP contribution in [0.25, 0.3) is 17.0 Å². The Morgan fingerprint density at radius 2 is 1.94 bits per heavy atom. The van der Waals surface area contributed by atoms with E-state index in [1.165, 1.54) is 12.4 Å². The number of nitrogens with two attached hydrogens (primary N) is 2. The Hall–Kier alpha value is -2.72. The molecule has 0 radical (unpaired) electrons. The molecular formula is C23H32F3N7. The van der Waals surface area contributed by atoms with E-state index in [1.807, 2.05) is 26.8 Å². The average molecular weight is 464 g/mol. The molecule has 3 rings (SSSR count). The highest BCUT2D eigenvalue weighted by molar-refractivity contribution is 5.81. The normalized spacial score (nSPS) is 18.1. The number of aromatic amines is 1.